The molecule has 0 aliphatic rings. The maximum Gasteiger partial charge on any atom is 0.270 e. The number of amides is 2. The third kappa shape index (κ3) is 5.90. The van der Waals surface area contributed by atoms with E-state index in [1.54, 1.807) is 24.3 Å². The van der Waals surface area contributed by atoms with Crippen molar-refractivity contribution in [2.24, 2.45) is 0 Å². The summed E-state index contributed by atoms with van der Waals surface area (Å²) in [4.78, 5) is 35.5. The summed E-state index contributed by atoms with van der Waals surface area (Å²) in [7, 11) is 0. The number of rotatable bonds is 8. The molecule has 0 saturated carbocycles. The van der Waals surface area contributed by atoms with E-state index in [1.807, 2.05) is 30.3 Å². The van der Waals surface area contributed by atoms with Crippen molar-refractivity contribution in [1.29, 1.82) is 0 Å². The second kappa shape index (κ2) is 10.4. The minimum absolute atomic E-state index is 0.0467. The second-order valence-corrected chi connectivity index (χ2v) is 7.17. The number of carbonyl (C=O) groups is 2. The van der Waals surface area contributed by atoms with Gasteiger partial charge >= 0.3 is 0 Å². The first kappa shape index (κ1) is 22.0. The normalized spacial score (nSPS) is 10.4. The van der Waals surface area contributed by atoms with Crippen molar-refractivity contribution < 1.29 is 14.5 Å². The molecule has 0 spiro atoms. The Labute approximate surface area is 184 Å². The van der Waals surface area contributed by atoms with Gasteiger partial charge in [0.25, 0.3) is 17.5 Å². The van der Waals surface area contributed by atoms with Gasteiger partial charge in [0.1, 0.15) is 0 Å². The van der Waals surface area contributed by atoms with Crippen LogP contribution in [0.1, 0.15) is 32.7 Å². The van der Waals surface area contributed by atoms with Crippen molar-refractivity contribution in [3.05, 3.63) is 105 Å². The van der Waals surface area contributed by atoms with Gasteiger partial charge in [0, 0.05) is 18.7 Å². The van der Waals surface area contributed by atoms with Crippen LogP contribution in [-0.2, 0) is 6.42 Å². The standard InChI is InChI=1S/C23H20ClN3O4/c24-20-15-17(27(30)31)12-13-18(20)23(29)26-21-11-5-4-10-19(21)22(28)25-14-6-9-16-7-2-1-3-8-16/h1-5,7-8,10-13,15H,6,9,14H2,(H,25,28)(H,26,29). The zero-order valence-corrected chi connectivity index (χ0v) is 17.3. The molecule has 0 bridgehead atoms. The molecule has 0 aromatic heterocycles. The van der Waals surface area contributed by atoms with Crippen molar-refractivity contribution in [3.8, 4) is 0 Å². The Hall–Kier alpha value is -3.71. The van der Waals surface area contributed by atoms with E-state index in [4.69, 9.17) is 11.6 Å². The number of para-hydroxylation sites is 1. The maximum absolute atomic E-state index is 12.6. The van der Waals surface area contributed by atoms with Gasteiger partial charge in [0.2, 0.25) is 0 Å². The summed E-state index contributed by atoms with van der Waals surface area (Å²) in [5.74, 6) is -0.872. The highest BCUT2D eigenvalue weighted by Crippen LogP contribution is 2.24. The van der Waals surface area contributed by atoms with Crippen LogP contribution in [0.25, 0.3) is 0 Å². The number of hydrogen-bond donors (Lipinski definition) is 2. The van der Waals surface area contributed by atoms with Crippen molar-refractivity contribution in [2.75, 3.05) is 11.9 Å². The molecule has 0 saturated heterocycles. The number of benzene rings is 3. The minimum atomic E-state index is -0.592. The number of halogens is 1. The predicted molar refractivity (Wildman–Crippen MR) is 120 cm³/mol. The summed E-state index contributed by atoms with van der Waals surface area (Å²) in [6.45, 7) is 0.490. The average Bonchev–Trinajstić information content (AvgIpc) is 2.77. The van der Waals surface area contributed by atoms with Crippen LogP contribution in [0.15, 0.2) is 72.8 Å². The molecule has 2 N–H and O–H groups in total. The van der Waals surface area contributed by atoms with Crippen molar-refractivity contribution >= 4 is 34.8 Å². The van der Waals surface area contributed by atoms with E-state index in [0.29, 0.717) is 17.8 Å². The molecule has 0 atom stereocenters. The summed E-state index contributed by atoms with van der Waals surface area (Å²) < 4.78 is 0. The smallest absolute Gasteiger partial charge is 0.270 e. The molecule has 2 amide bonds. The number of anilines is 1. The highest BCUT2D eigenvalue weighted by molar-refractivity contribution is 6.34. The van der Waals surface area contributed by atoms with Gasteiger partial charge in [-0.25, -0.2) is 0 Å². The summed E-state index contributed by atoms with van der Waals surface area (Å²) in [5.41, 5.74) is 1.70. The Morgan fingerprint density at radius 1 is 0.903 bits per heavy atom. The number of carbonyl (C=O) groups excluding carboxylic acids is 2. The predicted octanol–water partition coefficient (Wildman–Crippen LogP) is 4.86. The molecular formula is C23H20ClN3O4. The molecule has 7 nitrogen and oxygen atoms in total. The largest absolute Gasteiger partial charge is 0.352 e. The summed E-state index contributed by atoms with van der Waals surface area (Å²) in [5, 5.41) is 16.3. The van der Waals surface area contributed by atoms with Crippen LogP contribution in [0.5, 0.6) is 0 Å². The number of hydrogen-bond acceptors (Lipinski definition) is 4. The number of nitrogens with one attached hydrogen (secondary N) is 2. The van der Waals surface area contributed by atoms with Gasteiger partial charge in [-0.1, -0.05) is 54.1 Å². The lowest BCUT2D eigenvalue weighted by Gasteiger charge is -2.12. The van der Waals surface area contributed by atoms with Crippen LogP contribution in [0.3, 0.4) is 0 Å². The molecule has 158 valence electrons. The topological polar surface area (TPSA) is 101 Å². The van der Waals surface area contributed by atoms with E-state index in [2.05, 4.69) is 10.6 Å². The Morgan fingerprint density at radius 3 is 2.32 bits per heavy atom. The lowest BCUT2D eigenvalue weighted by Crippen LogP contribution is -2.26. The van der Waals surface area contributed by atoms with Crippen molar-refractivity contribution in [3.63, 3.8) is 0 Å². The molecule has 3 aromatic carbocycles. The fourth-order valence-electron chi connectivity index (χ4n) is 3.02. The zero-order chi connectivity index (χ0) is 22.2. The van der Waals surface area contributed by atoms with E-state index in [0.717, 1.165) is 18.9 Å². The Morgan fingerprint density at radius 2 is 1.61 bits per heavy atom. The molecule has 0 unspecified atom stereocenters. The van der Waals surface area contributed by atoms with Gasteiger partial charge in [-0.3, -0.25) is 19.7 Å². The third-order valence-electron chi connectivity index (χ3n) is 4.60. The van der Waals surface area contributed by atoms with E-state index >= 15 is 0 Å². The Bertz CT molecular complexity index is 1100. The van der Waals surface area contributed by atoms with Crippen LogP contribution in [-0.4, -0.2) is 23.3 Å². The number of non-ortho nitro benzene ring substituents is 1. The third-order valence-corrected chi connectivity index (χ3v) is 4.91. The summed E-state index contributed by atoms with van der Waals surface area (Å²) in [6.07, 6.45) is 1.63. The summed E-state index contributed by atoms with van der Waals surface area (Å²) >= 11 is 6.03. The lowest BCUT2D eigenvalue weighted by molar-refractivity contribution is -0.384. The first-order valence-corrected chi connectivity index (χ1v) is 10.00. The van der Waals surface area contributed by atoms with Gasteiger partial charge in [0.05, 0.1) is 26.8 Å². The molecule has 0 aliphatic heterocycles. The Kier molecular flexibility index (Phi) is 7.35. The number of nitro benzene ring substituents is 1. The lowest BCUT2D eigenvalue weighted by atomic mass is 10.1. The van der Waals surface area contributed by atoms with Gasteiger partial charge < -0.3 is 10.6 Å². The van der Waals surface area contributed by atoms with E-state index in [-0.39, 0.29) is 22.2 Å². The molecule has 0 aliphatic carbocycles. The van der Waals surface area contributed by atoms with Crippen LogP contribution in [0, 0.1) is 10.1 Å². The quantitative estimate of drug-likeness (QED) is 0.298. The number of aryl methyl sites for hydroxylation is 1. The molecule has 31 heavy (non-hydrogen) atoms. The molecule has 0 radical (unpaired) electrons. The fraction of sp³-hybridized carbons (Fsp3) is 0.130. The monoisotopic (exact) mass is 437 g/mol. The highest BCUT2D eigenvalue weighted by atomic mass is 35.5. The first-order valence-electron chi connectivity index (χ1n) is 9.62. The first-order chi connectivity index (χ1) is 15.0. The van der Waals surface area contributed by atoms with Gasteiger partial charge in [-0.05, 0) is 36.6 Å². The van der Waals surface area contributed by atoms with Crippen LogP contribution >= 0.6 is 11.6 Å². The van der Waals surface area contributed by atoms with E-state index in [1.165, 1.54) is 17.7 Å². The molecule has 3 rings (SSSR count). The van der Waals surface area contributed by atoms with Gasteiger partial charge in [-0.15, -0.1) is 0 Å². The maximum atomic E-state index is 12.6. The van der Waals surface area contributed by atoms with Crippen LogP contribution in [0.4, 0.5) is 11.4 Å². The molecule has 8 heteroatoms. The molecular weight excluding hydrogens is 418 g/mol. The molecule has 0 fully saturated rings. The number of nitro groups is 1. The fourth-order valence-corrected chi connectivity index (χ4v) is 3.28. The Balaban J connectivity index is 1.63. The van der Waals surface area contributed by atoms with Crippen molar-refractivity contribution in [2.45, 2.75) is 12.8 Å². The van der Waals surface area contributed by atoms with Gasteiger partial charge in [0.15, 0.2) is 0 Å². The van der Waals surface area contributed by atoms with Gasteiger partial charge in [-0.2, -0.15) is 0 Å². The second-order valence-electron chi connectivity index (χ2n) is 6.77. The average molecular weight is 438 g/mol. The van der Waals surface area contributed by atoms with E-state index < -0.39 is 10.8 Å². The SMILES string of the molecule is O=C(Nc1ccccc1C(=O)NCCCc1ccccc1)c1ccc([N+](=O)[O-])cc1Cl. The molecule has 3 aromatic rings. The number of nitrogens with zero attached hydrogens (tertiary/aromatic N) is 1. The molecule has 0 heterocycles. The summed E-state index contributed by atoms with van der Waals surface area (Å²) in [6, 6.07) is 20.2. The minimum Gasteiger partial charge on any atom is -0.352 e. The van der Waals surface area contributed by atoms with Crippen LogP contribution in [0.2, 0.25) is 5.02 Å². The van der Waals surface area contributed by atoms with Crippen LogP contribution < -0.4 is 10.6 Å². The zero-order valence-electron chi connectivity index (χ0n) is 16.5. The highest BCUT2D eigenvalue weighted by Gasteiger charge is 2.18. The van der Waals surface area contributed by atoms with Crippen molar-refractivity contribution in [1.82, 2.24) is 5.32 Å². The van der Waals surface area contributed by atoms with E-state index in [9.17, 15) is 19.7 Å².